The second-order valence-electron chi connectivity index (χ2n) is 8.26. The summed E-state index contributed by atoms with van der Waals surface area (Å²) in [5, 5.41) is 2.76. The molecule has 0 radical (unpaired) electrons. The molecule has 1 N–H and O–H groups in total. The van der Waals surface area contributed by atoms with E-state index in [-0.39, 0.29) is 6.09 Å². The highest BCUT2D eigenvalue weighted by Crippen LogP contribution is 2.36. The minimum atomic E-state index is -6.72. The number of hydrogen-bond donors (Lipinski definition) is 1. The zero-order chi connectivity index (χ0) is 31.6. The van der Waals surface area contributed by atoms with Crippen molar-refractivity contribution in [1.82, 2.24) is 9.88 Å². The van der Waals surface area contributed by atoms with Crippen molar-refractivity contribution in [2.24, 2.45) is 4.99 Å². The molecule has 0 aromatic carbocycles. The van der Waals surface area contributed by atoms with Crippen LogP contribution in [-0.4, -0.2) is 64.3 Å². The third-order valence-electron chi connectivity index (χ3n) is 4.97. The van der Waals surface area contributed by atoms with Gasteiger partial charge in [0, 0.05) is 6.54 Å². The molecule has 20 heteroatoms. The van der Waals surface area contributed by atoms with Crippen LogP contribution in [0.4, 0.5) is 31.1 Å². The number of hydrogen-bond acceptors (Lipinski definition) is 8. The van der Waals surface area contributed by atoms with E-state index in [1.54, 1.807) is 0 Å². The molecule has 1 heterocycles. The number of aromatic nitrogens is 2. The van der Waals surface area contributed by atoms with Gasteiger partial charge in [-0.3, -0.25) is 0 Å². The number of ether oxygens (including phenoxy) is 1. The lowest BCUT2D eigenvalue weighted by molar-refractivity contribution is -0.696. The van der Waals surface area contributed by atoms with Crippen LogP contribution in [0, 0.1) is 0 Å². The van der Waals surface area contributed by atoms with E-state index in [9.17, 15) is 52.8 Å². The Morgan fingerprint density at radius 1 is 0.951 bits per heavy atom. The number of aliphatic imine (C=N–C) groups is 1. The molecule has 41 heavy (non-hydrogen) atoms. The first-order valence-electron chi connectivity index (χ1n) is 12.3. The van der Waals surface area contributed by atoms with E-state index < -0.39 is 31.1 Å². The van der Waals surface area contributed by atoms with Crippen LogP contribution in [0.15, 0.2) is 23.7 Å². The highest BCUT2D eigenvalue weighted by molar-refractivity contribution is 8.13. The van der Waals surface area contributed by atoms with E-state index in [4.69, 9.17) is 4.74 Å². The lowest BCUT2D eigenvalue weighted by Crippen LogP contribution is -2.30. The largest absolute Gasteiger partial charge is 0.480 e. The fourth-order valence-corrected chi connectivity index (χ4v) is 4.55. The number of alkyl halides is 6. The fraction of sp³-hybridized carbons (Fsp3) is 0.762. The van der Waals surface area contributed by atoms with Crippen molar-refractivity contribution in [3.05, 3.63) is 22.8 Å². The van der Waals surface area contributed by atoms with Crippen molar-refractivity contribution in [2.75, 3.05) is 19.7 Å². The van der Waals surface area contributed by atoms with Crippen LogP contribution >= 0.6 is 0 Å². The van der Waals surface area contributed by atoms with Gasteiger partial charge in [0.15, 0.2) is 20.0 Å². The number of isocyanates is 1. The number of carbonyl (C=O) groups excluding carboxylic acids is 2. The van der Waals surface area contributed by atoms with E-state index in [0.29, 0.717) is 19.7 Å². The van der Waals surface area contributed by atoms with Crippen LogP contribution in [0.1, 0.15) is 58.3 Å². The van der Waals surface area contributed by atoms with Gasteiger partial charge in [0.2, 0.25) is 12.4 Å². The molecule has 0 saturated heterocycles. The normalized spacial score (nSPS) is 12.2. The van der Waals surface area contributed by atoms with Crippen LogP contribution < -0.4 is 9.88 Å². The van der Waals surface area contributed by atoms with Crippen molar-refractivity contribution >= 4 is 32.2 Å². The summed E-state index contributed by atoms with van der Waals surface area (Å²) in [4.78, 5) is 24.9. The number of rotatable bonds is 17. The van der Waals surface area contributed by atoms with Crippen molar-refractivity contribution in [3.8, 4) is 0 Å². The van der Waals surface area contributed by atoms with Crippen LogP contribution in [-0.2, 0) is 42.7 Å². The molecule has 1 aromatic rings. The molecular formula is C21H33F6N5O7S2. The Bertz CT molecular complexity index is 1120. The van der Waals surface area contributed by atoms with Gasteiger partial charge >= 0.3 is 17.1 Å². The van der Waals surface area contributed by atoms with Crippen LogP contribution in [0.25, 0.3) is 4.13 Å². The quantitative estimate of drug-likeness (QED) is 0.0880. The lowest BCUT2D eigenvalue weighted by atomic mass is 10.2. The maximum absolute atomic E-state index is 11.5. The molecule has 1 rings (SSSR count). The molecule has 1 aromatic heterocycles. The predicted octanol–water partition coefficient (Wildman–Crippen LogP) is 4.04. The number of imidazole rings is 1. The average molecular weight is 646 g/mol. The summed E-state index contributed by atoms with van der Waals surface area (Å²) in [6.45, 7) is 5.83. The molecular weight excluding hydrogens is 612 g/mol. The summed E-state index contributed by atoms with van der Waals surface area (Å²) >= 11 is 0. The van der Waals surface area contributed by atoms with Gasteiger partial charge < -0.3 is 14.2 Å². The number of alkyl carbamates (subject to hydrolysis) is 1. The Morgan fingerprint density at radius 3 is 2.05 bits per heavy atom. The zero-order valence-electron chi connectivity index (χ0n) is 22.2. The minimum absolute atomic E-state index is 0.327. The van der Waals surface area contributed by atoms with E-state index >= 15 is 0 Å². The first-order chi connectivity index (χ1) is 19.0. The van der Waals surface area contributed by atoms with Gasteiger partial charge in [0.25, 0.3) is 0 Å². The molecule has 238 valence electrons. The van der Waals surface area contributed by atoms with Crippen molar-refractivity contribution in [3.63, 3.8) is 0 Å². The van der Waals surface area contributed by atoms with Crippen LogP contribution in [0.2, 0.25) is 0 Å². The number of sulfonamides is 2. The minimum Gasteiger partial charge on any atom is -0.450 e. The number of nitrogens with one attached hydrogen (secondary N) is 1. The molecule has 0 saturated carbocycles. The Hall–Kier alpha value is -2.70. The summed E-state index contributed by atoms with van der Waals surface area (Å²) in [6.07, 6.45) is 15.6. The number of nitrogens with zero attached hydrogens (tertiary/aromatic N) is 4. The molecule has 0 aliphatic heterocycles. The molecule has 0 aliphatic carbocycles. The lowest BCUT2D eigenvalue weighted by Gasteiger charge is -2.22. The zero-order valence-corrected chi connectivity index (χ0v) is 23.8. The number of carbonyl (C=O) groups is 1. The number of unbranched alkanes of at least 4 members (excludes halogenated alkanes) is 6. The first-order valence-corrected chi connectivity index (χ1v) is 15.2. The van der Waals surface area contributed by atoms with E-state index in [2.05, 4.69) is 45.1 Å². The molecule has 0 spiro atoms. The summed E-state index contributed by atoms with van der Waals surface area (Å²) in [7, 11) is -13.4. The highest BCUT2D eigenvalue weighted by Gasteiger charge is 2.46. The summed E-state index contributed by atoms with van der Waals surface area (Å²) < 4.78 is 119. The summed E-state index contributed by atoms with van der Waals surface area (Å²) in [5.74, 6) is 0. The Kier molecular flexibility index (Phi) is 17.4. The monoisotopic (exact) mass is 645 g/mol. The van der Waals surface area contributed by atoms with Crippen molar-refractivity contribution in [2.45, 2.75) is 82.4 Å². The van der Waals surface area contributed by atoms with Gasteiger partial charge in [-0.2, -0.15) is 26.3 Å². The molecule has 0 atom stereocenters. The average Bonchev–Trinajstić information content (AvgIpc) is 3.31. The highest BCUT2D eigenvalue weighted by atomic mass is 32.3. The Balaban J connectivity index is 0.000000909. The Labute approximate surface area is 234 Å². The summed E-state index contributed by atoms with van der Waals surface area (Å²) in [5.41, 5.74) is -12.4. The number of amides is 1. The van der Waals surface area contributed by atoms with Crippen LogP contribution in [0.5, 0.6) is 0 Å². The second kappa shape index (κ2) is 18.7. The molecule has 0 fully saturated rings. The molecule has 0 bridgehead atoms. The third-order valence-corrected chi connectivity index (χ3v) is 7.71. The standard InChI is InChI=1S/C19H32N4O3.C2F6NO4S2/c1-2-22-14-15-23(18-22)13-9-5-6-10-16-26-19(25)21-12-8-4-3-7-11-20-17-24;3-1(4,5)14(10,11)9-15(12,13)2(6,7)8/h14-15,18H,2-13,16H2,1H3;/q;-1/p+1. The number of aryl methyl sites for hydroxylation is 2. The van der Waals surface area contributed by atoms with E-state index in [1.165, 1.54) is 6.08 Å². The fourth-order valence-electron chi connectivity index (χ4n) is 2.84. The molecule has 0 aliphatic rings. The van der Waals surface area contributed by atoms with Gasteiger partial charge in [0.1, 0.15) is 12.4 Å². The van der Waals surface area contributed by atoms with Crippen molar-refractivity contribution in [1.29, 1.82) is 0 Å². The third kappa shape index (κ3) is 17.0. The van der Waals surface area contributed by atoms with E-state index in [1.807, 2.05) is 0 Å². The maximum atomic E-state index is 11.5. The van der Waals surface area contributed by atoms with Gasteiger partial charge in [-0.05, 0) is 45.4 Å². The molecule has 1 amide bonds. The summed E-state index contributed by atoms with van der Waals surface area (Å²) in [6, 6.07) is 0. The molecule has 0 unspecified atom stereocenters. The predicted molar refractivity (Wildman–Crippen MR) is 133 cm³/mol. The Morgan fingerprint density at radius 2 is 1.51 bits per heavy atom. The van der Waals surface area contributed by atoms with Gasteiger partial charge in [0.05, 0.1) is 26.2 Å². The molecule has 12 nitrogen and oxygen atoms in total. The smallest absolute Gasteiger partial charge is 0.450 e. The van der Waals surface area contributed by atoms with E-state index in [0.717, 1.165) is 68.6 Å². The maximum Gasteiger partial charge on any atom is 0.480 e. The first kappa shape index (κ1) is 38.3. The number of halogens is 6. The second-order valence-corrected chi connectivity index (χ2v) is 11.7. The van der Waals surface area contributed by atoms with Crippen LogP contribution in [0.3, 0.4) is 0 Å². The topological polar surface area (TPSA) is 159 Å². The van der Waals surface area contributed by atoms with Gasteiger partial charge in [-0.25, -0.2) is 40.6 Å². The van der Waals surface area contributed by atoms with Gasteiger partial charge in [-0.1, -0.05) is 12.8 Å². The van der Waals surface area contributed by atoms with Crippen molar-refractivity contribution < 1.29 is 62.1 Å². The van der Waals surface area contributed by atoms with Gasteiger partial charge in [-0.15, -0.1) is 0 Å². The SMILES string of the molecule is CCn1cc[n+](CCCCCCOC(=O)NCCCCCCN=C=O)c1.O=S(=O)([N-]S(=O)(=O)C(F)(F)F)C(F)(F)F.